The lowest BCUT2D eigenvalue weighted by atomic mass is 9.77. The maximum atomic E-state index is 6.16. The molecule has 0 spiro atoms. The second-order valence-corrected chi connectivity index (χ2v) is 13.5. The van der Waals surface area contributed by atoms with E-state index in [4.69, 9.17) is 4.74 Å². The van der Waals surface area contributed by atoms with E-state index in [0.29, 0.717) is 0 Å². The number of anilines is 1. The molecule has 2 aliphatic rings. The third-order valence-electron chi connectivity index (χ3n) is 10.3. The van der Waals surface area contributed by atoms with E-state index in [1.54, 1.807) is 0 Å². The van der Waals surface area contributed by atoms with E-state index in [2.05, 4.69) is 127 Å². The predicted molar refractivity (Wildman–Crippen MR) is 195 cm³/mol. The lowest BCUT2D eigenvalue weighted by Gasteiger charge is -2.30. The van der Waals surface area contributed by atoms with Crippen LogP contribution in [-0.4, -0.2) is 13.2 Å². The number of ether oxygens (including phenoxy) is 1. The Morgan fingerprint density at radius 3 is 2.39 bits per heavy atom. The van der Waals surface area contributed by atoms with Gasteiger partial charge in [-0.3, -0.25) is 0 Å². The number of fused-ring (bicyclic) bond motifs is 2. The Bertz CT molecular complexity index is 1610. The van der Waals surface area contributed by atoms with Crippen LogP contribution in [-0.2, 0) is 7.05 Å². The van der Waals surface area contributed by atoms with Gasteiger partial charge in [0.25, 0.3) is 0 Å². The van der Waals surface area contributed by atoms with Crippen LogP contribution >= 0.6 is 0 Å². The largest absolute Gasteiger partial charge is 0.494 e. The van der Waals surface area contributed by atoms with Crippen LogP contribution in [0.4, 0.5) is 5.69 Å². The van der Waals surface area contributed by atoms with E-state index in [1.807, 2.05) is 0 Å². The van der Waals surface area contributed by atoms with Gasteiger partial charge < -0.3 is 9.64 Å². The van der Waals surface area contributed by atoms with E-state index >= 15 is 0 Å². The number of para-hydroxylation sites is 2. The van der Waals surface area contributed by atoms with Crippen molar-refractivity contribution in [3.8, 4) is 5.75 Å². The SMILES string of the molecule is CCCCCC1CCC(c2ccc(OCCCCCCN3/C(=C/c4ccc5ccccc5[n+]4C)C=Cc4ccccc43)cc2)CC1. The number of unbranched alkanes of at least 4 members (excludes halogenated alkanes) is 5. The van der Waals surface area contributed by atoms with E-state index in [9.17, 15) is 0 Å². The van der Waals surface area contributed by atoms with Crippen LogP contribution < -0.4 is 14.2 Å². The molecule has 3 nitrogen and oxygen atoms in total. The fourth-order valence-corrected chi connectivity index (χ4v) is 7.53. The molecule has 1 aromatic heterocycles. The van der Waals surface area contributed by atoms with Gasteiger partial charge in [0.1, 0.15) is 12.8 Å². The van der Waals surface area contributed by atoms with Gasteiger partial charge in [-0.1, -0.05) is 94.0 Å². The molecule has 3 heteroatoms. The summed E-state index contributed by atoms with van der Waals surface area (Å²) in [5.74, 6) is 2.73. The normalized spacial score (nSPS) is 18.7. The summed E-state index contributed by atoms with van der Waals surface area (Å²) in [6.07, 6.45) is 22.6. The predicted octanol–water partition coefficient (Wildman–Crippen LogP) is 11.0. The summed E-state index contributed by atoms with van der Waals surface area (Å²) < 4.78 is 8.45. The number of nitrogens with zero attached hydrogens (tertiary/aromatic N) is 2. The first kappa shape index (κ1) is 32.1. The first-order chi connectivity index (χ1) is 22.7. The van der Waals surface area contributed by atoms with Crippen LogP contribution in [0.1, 0.15) is 107 Å². The molecule has 3 aromatic carbocycles. The summed E-state index contributed by atoms with van der Waals surface area (Å²) in [5.41, 5.74) is 7.80. The summed E-state index contributed by atoms with van der Waals surface area (Å²) in [4.78, 5) is 2.50. The molecule has 4 aromatic rings. The fourth-order valence-electron chi connectivity index (χ4n) is 7.53. The smallest absolute Gasteiger partial charge is 0.212 e. The van der Waals surface area contributed by atoms with Crippen molar-refractivity contribution in [3.05, 3.63) is 114 Å². The topological polar surface area (TPSA) is 16.4 Å². The highest BCUT2D eigenvalue weighted by Gasteiger charge is 2.22. The quantitative estimate of drug-likeness (QED) is 0.104. The van der Waals surface area contributed by atoms with Crippen LogP contribution in [0.25, 0.3) is 23.1 Å². The molecule has 1 aliphatic heterocycles. The maximum Gasteiger partial charge on any atom is 0.212 e. The minimum Gasteiger partial charge on any atom is -0.494 e. The summed E-state index contributed by atoms with van der Waals surface area (Å²) in [5, 5.41) is 1.26. The lowest BCUT2D eigenvalue weighted by molar-refractivity contribution is -0.646. The first-order valence-electron chi connectivity index (χ1n) is 18.1. The van der Waals surface area contributed by atoms with Gasteiger partial charge in [-0.25, -0.2) is 0 Å². The summed E-state index contributed by atoms with van der Waals surface area (Å²) in [6.45, 7) is 4.11. The van der Waals surface area contributed by atoms with E-state index in [0.717, 1.165) is 43.6 Å². The number of hydrogen-bond acceptors (Lipinski definition) is 2. The molecule has 0 amide bonds. The third kappa shape index (κ3) is 8.10. The van der Waals surface area contributed by atoms with Crippen molar-refractivity contribution in [2.75, 3.05) is 18.1 Å². The maximum absolute atomic E-state index is 6.16. The molecule has 0 bridgehead atoms. The van der Waals surface area contributed by atoms with Gasteiger partial charge in [0.2, 0.25) is 11.2 Å². The first-order valence-corrected chi connectivity index (χ1v) is 18.1. The number of aromatic nitrogens is 1. The number of benzene rings is 3. The standard InChI is InChI=1S/C43H53N2O/c1-3-4-7-14-34-19-21-35(22-20-34)36-25-29-41(30-26-36)46-32-13-6-5-12-31-45-40(28-24-38-16-9-11-18-43(38)45)33-39-27-23-37-15-8-10-17-42(37)44(39)2/h8-11,15-18,23-30,33-35H,3-7,12-14,19-22,31-32H2,1-2H3/q+1. The zero-order chi connectivity index (χ0) is 31.6. The fraction of sp³-hybridized carbons (Fsp3) is 0.419. The third-order valence-corrected chi connectivity index (χ3v) is 10.3. The van der Waals surface area contributed by atoms with Gasteiger partial charge in [-0.05, 0) is 97.9 Å². The van der Waals surface area contributed by atoms with Crippen molar-refractivity contribution >= 4 is 28.7 Å². The molecule has 0 atom stereocenters. The summed E-state index contributed by atoms with van der Waals surface area (Å²) >= 11 is 0. The molecule has 0 saturated heterocycles. The highest BCUT2D eigenvalue weighted by molar-refractivity contribution is 5.80. The zero-order valence-corrected chi connectivity index (χ0v) is 28.2. The van der Waals surface area contributed by atoms with Crippen LogP contribution in [0, 0.1) is 5.92 Å². The Balaban J connectivity index is 0.963. The van der Waals surface area contributed by atoms with Crippen molar-refractivity contribution in [2.45, 2.75) is 89.9 Å². The van der Waals surface area contributed by atoms with Crippen molar-refractivity contribution in [1.82, 2.24) is 0 Å². The Morgan fingerprint density at radius 1 is 0.761 bits per heavy atom. The molecule has 1 saturated carbocycles. The van der Waals surface area contributed by atoms with Crippen molar-refractivity contribution in [1.29, 1.82) is 0 Å². The van der Waals surface area contributed by atoms with Crippen LogP contribution in [0.3, 0.4) is 0 Å². The van der Waals surface area contributed by atoms with Gasteiger partial charge in [0.05, 0.1) is 6.61 Å². The van der Waals surface area contributed by atoms with Crippen molar-refractivity contribution in [2.24, 2.45) is 13.0 Å². The molecule has 1 aliphatic carbocycles. The minimum atomic E-state index is 0.740. The van der Waals surface area contributed by atoms with Crippen LogP contribution in [0.2, 0.25) is 0 Å². The van der Waals surface area contributed by atoms with E-state index in [1.165, 1.54) is 103 Å². The second kappa shape index (κ2) is 16.1. The van der Waals surface area contributed by atoms with Crippen LogP contribution in [0.5, 0.6) is 5.75 Å². The molecule has 2 heterocycles. The molecule has 46 heavy (non-hydrogen) atoms. The lowest BCUT2D eigenvalue weighted by Crippen LogP contribution is -2.33. The molecular formula is C43H53N2O+. The molecule has 0 N–H and O–H groups in total. The van der Waals surface area contributed by atoms with E-state index < -0.39 is 0 Å². The Kier molecular flexibility index (Phi) is 11.3. The molecule has 1 fully saturated rings. The zero-order valence-electron chi connectivity index (χ0n) is 28.2. The highest BCUT2D eigenvalue weighted by Crippen LogP contribution is 2.38. The average Bonchev–Trinajstić information content (AvgIpc) is 3.10. The van der Waals surface area contributed by atoms with E-state index in [-0.39, 0.29) is 0 Å². The van der Waals surface area contributed by atoms with Gasteiger partial charge in [-0.2, -0.15) is 4.57 Å². The van der Waals surface area contributed by atoms with Crippen molar-refractivity contribution in [3.63, 3.8) is 0 Å². The molecule has 240 valence electrons. The number of hydrogen-bond donors (Lipinski definition) is 0. The molecule has 0 unspecified atom stereocenters. The number of rotatable bonds is 14. The Morgan fingerprint density at radius 2 is 1.54 bits per heavy atom. The Labute approximate surface area is 277 Å². The molecule has 0 radical (unpaired) electrons. The number of aryl methyl sites for hydroxylation is 1. The molecular weight excluding hydrogens is 560 g/mol. The van der Waals surface area contributed by atoms with Gasteiger partial charge in [-0.15, -0.1) is 0 Å². The van der Waals surface area contributed by atoms with Gasteiger partial charge >= 0.3 is 0 Å². The Hall–Kier alpha value is -3.85. The minimum absolute atomic E-state index is 0.740. The average molecular weight is 614 g/mol. The highest BCUT2D eigenvalue weighted by atomic mass is 16.5. The number of allylic oxidation sites excluding steroid dienone is 1. The van der Waals surface area contributed by atoms with Crippen molar-refractivity contribution < 1.29 is 9.30 Å². The monoisotopic (exact) mass is 613 g/mol. The van der Waals surface area contributed by atoms with Gasteiger partial charge in [0, 0.05) is 41.5 Å². The second-order valence-electron chi connectivity index (χ2n) is 13.5. The van der Waals surface area contributed by atoms with Crippen LogP contribution in [0.15, 0.2) is 96.7 Å². The number of pyridine rings is 1. The molecule has 6 rings (SSSR count). The summed E-state index contributed by atoms with van der Waals surface area (Å²) in [7, 11) is 2.16. The summed E-state index contributed by atoms with van der Waals surface area (Å²) in [6, 6.07) is 30.9. The van der Waals surface area contributed by atoms with Gasteiger partial charge in [0.15, 0.2) is 0 Å².